The molecule has 0 bridgehead atoms. The number of halogens is 3. The van der Waals surface area contributed by atoms with Crippen molar-refractivity contribution >= 4 is 0 Å². The first-order chi connectivity index (χ1) is 5.52. The number of nitrogens with one attached hydrogen (secondary N) is 1. The van der Waals surface area contributed by atoms with Gasteiger partial charge in [0, 0.05) is 13.7 Å². The maximum Gasteiger partial charge on any atom is 0.397 e. The summed E-state index contributed by atoms with van der Waals surface area (Å²) in [4.78, 5) is 0. The van der Waals surface area contributed by atoms with Gasteiger partial charge in [-0.2, -0.15) is 13.2 Å². The van der Waals surface area contributed by atoms with E-state index in [1.807, 2.05) is 0 Å². The standard InChI is InChI=1S/C7H12F3NO/c1-12-5-6(7(8,9)10)2-3-11-4-6/h11H,2-5H2,1H3/t6-/m0/s1. The highest BCUT2D eigenvalue weighted by Gasteiger charge is 2.56. The Morgan fingerprint density at radius 3 is 2.50 bits per heavy atom. The van der Waals surface area contributed by atoms with E-state index in [1.165, 1.54) is 7.11 Å². The number of rotatable bonds is 2. The second-order valence-electron chi connectivity index (χ2n) is 3.14. The lowest BCUT2D eigenvalue weighted by molar-refractivity contribution is -0.230. The SMILES string of the molecule is COC[C@]1(C(F)(F)F)CCNC1. The van der Waals surface area contributed by atoms with Gasteiger partial charge in [-0.25, -0.2) is 0 Å². The van der Waals surface area contributed by atoms with Crippen LogP contribution in [0.3, 0.4) is 0 Å². The zero-order chi connectivity index (χ0) is 9.24. The Morgan fingerprint density at radius 1 is 1.50 bits per heavy atom. The average molecular weight is 183 g/mol. The number of hydrogen-bond acceptors (Lipinski definition) is 2. The van der Waals surface area contributed by atoms with Crippen molar-refractivity contribution in [3.05, 3.63) is 0 Å². The third-order valence-electron chi connectivity index (χ3n) is 2.27. The molecule has 72 valence electrons. The molecule has 0 unspecified atom stereocenters. The molecule has 1 aliphatic rings. The Morgan fingerprint density at radius 2 is 2.17 bits per heavy atom. The van der Waals surface area contributed by atoms with Gasteiger partial charge in [-0.05, 0) is 13.0 Å². The van der Waals surface area contributed by atoms with E-state index >= 15 is 0 Å². The summed E-state index contributed by atoms with van der Waals surface area (Å²) in [7, 11) is 1.30. The Labute approximate surface area is 69.1 Å². The van der Waals surface area contributed by atoms with Crippen molar-refractivity contribution in [2.24, 2.45) is 5.41 Å². The second-order valence-corrected chi connectivity index (χ2v) is 3.14. The van der Waals surface area contributed by atoms with Gasteiger partial charge in [-0.15, -0.1) is 0 Å². The summed E-state index contributed by atoms with van der Waals surface area (Å²) in [6, 6.07) is 0. The number of ether oxygens (including phenoxy) is 1. The fraction of sp³-hybridized carbons (Fsp3) is 1.00. The molecule has 1 fully saturated rings. The second kappa shape index (κ2) is 3.22. The molecule has 0 amide bonds. The third kappa shape index (κ3) is 1.56. The smallest absolute Gasteiger partial charge is 0.384 e. The lowest BCUT2D eigenvalue weighted by Crippen LogP contribution is -2.43. The van der Waals surface area contributed by atoms with Crippen molar-refractivity contribution in [1.29, 1.82) is 0 Å². The molecular formula is C7H12F3NO. The minimum absolute atomic E-state index is 0.0235. The molecule has 0 radical (unpaired) electrons. The lowest BCUT2D eigenvalue weighted by atomic mass is 9.87. The number of alkyl halides is 3. The van der Waals surface area contributed by atoms with Crippen LogP contribution in [-0.4, -0.2) is 33.0 Å². The Bertz CT molecular complexity index is 151. The van der Waals surface area contributed by atoms with E-state index in [9.17, 15) is 13.2 Å². The van der Waals surface area contributed by atoms with Crippen molar-refractivity contribution in [2.75, 3.05) is 26.8 Å². The largest absolute Gasteiger partial charge is 0.397 e. The maximum absolute atomic E-state index is 12.5. The van der Waals surface area contributed by atoms with E-state index < -0.39 is 11.6 Å². The molecule has 1 heterocycles. The predicted molar refractivity (Wildman–Crippen MR) is 37.9 cm³/mol. The van der Waals surface area contributed by atoms with E-state index in [0.717, 1.165) is 0 Å². The van der Waals surface area contributed by atoms with Gasteiger partial charge in [0.2, 0.25) is 0 Å². The summed E-state index contributed by atoms with van der Waals surface area (Å²) >= 11 is 0. The van der Waals surface area contributed by atoms with Gasteiger partial charge in [0.05, 0.1) is 6.61 Å². The van der Waals surface area contributed by atoms with Crippen molar-refractivity contribution in [2.45, 2.75) is 12.6 Å². The normalized spacial score (nSPS) is 31.0. The van der Waals surface area contributed by atoms with Crippen molar-refractivity contribution in [1.82, 2.24) is 5.32 Å². The maximum atomic E-state index is 12.5. The predicted octanol–water partition coefficient (Wildman–Crippen LogP) is 1.17. The van der Waals surface area contributed by atoms with E-state index in [2.05, 4.69) is 10.1 Å². The topological polar surface area (TPSA) is 21.3 Å². The van der Waals surface area contributed by atoms with Gasteiger partial charge < -0.3 is 10.1 Å². The van der Waals surface area contributed by atoms with Gasteiger partial charge in [-0.1, -0.05) is 0 Å². The van der Waals surface area contributed by atoms with Crippen LogP contribution in [0.5, 0.6) is 0 Å². The van der Waals surface area contributed by atoms with Crippen molar-refractivity contribution in [3.63, 3.8) is 0 Å². The quantitative estimate of drug-likeness (QED) is 0.694. The van der Waals surface area contributed by atoms with E-state index in [-0.39, 0.29) is 19.6 Å². The first-order valence-electron chi connectivity index (χ1n) is 3.78. The van der Waals surface area contributed by atoms with E-state index in [0.29, 0.717) is 6.54 Å². The molecule has 0 aromatic carbocycles. The molecule has 1 rings (SSSR count). The van der Waals surface area contributed by atoms with Gasteiger partial charge in [-0.3, -0.25) is 0 Å². The highest BCUT2D eigenvalue weighted by Crippen LogP contribution is 2.42. The monoisotopic (exact) mass is 183 g/mol. The zero-order valence-electron chi connectivity index (χ0n) is 6.87. The fourth-order valence-corrected chi connectivity index (χ4v) is 1.47. The molecule has 1 saturated heterocycles. The summed E-state index contributed by atoms with van der Waals surface area (Å²) in [5.74, 6) is 0. The summed E-state index contributed by atoms with van der Waals surface area (Å²) in [6.07, 6.45) is -4.04. The van der Waals surface area contributed by atoms with Crippen LogP contribution in [0, 0.1) is 5.41 Å². The van der Waals surface area contributed by atoms with Crippen LogP contribution in [0.1, 0.15) is 6.42 Å². The van der Waals surface area contributed by atoms with Gasteiger partial charge in [0.25, 0.3) is 0 Å². The first-order valence-corrected chi connectivity index (χ1v) is 3.78. The third-order valence-corrected chi connectivity index (χ3v) is 2.27. The molecule has 1 atom stereocenters. The zero-order valence-corrected chi connectivity index (χ0v) is 6.87. The molecule has 0 aromatic heterocycles. The Balaban J connectivity index is 2.72. The molecule has 5 heteroatoms. The Hall–Kier alpha value is -0.290. The van der Waals surface area contributed by atoms with Crippen LogP contribution in [0.4, 0.5) is 13.2 Å². The first kappa shape index (κ1) is 9.80. The summed E-state index contributed by atoms with van der Waals surface area (Å²) in [5, 5.41) is 2.70. The van der Waals surface area contributed by atoms with Gasteiger partial charge in [0.1, 0.15) is 5.41 Å². The van der Waals surface area contributed by atoms with Gasteiger partial charge in [0.15, 0.2) is 0 Å². The van der Waals surface area contributed by atoms with Gasteiger partial charge >= 0.3 is 6.18 Å². The van der Waals surface area contributed by atoms with Crippen LogP contribution in [0.25, 0.3) is 0 Å². The molecule has 1 aliphatic heterocycles. The van der Waals surface area contributed by atoms with Crippen LogP contribution >= 0.6 is 0 Å². The molecule has 1 N–H and O–H groups in total. The van der Waals surface area contributed by atoms with Crippen molar-refractivity contribution < 1.29 is 17.9 Å². The minimum Gasteiger partial charge on any atom is -0.384 e. The van der Waals surface area contributed by atoms with Crippen molar-refractivity contribution in [3.8, 4) is 0 Å². The Kier molecular flexibility index (Phi) is 2.63. The average Bonchev–Trinajstić information content (AvgIpc) is 2.36. The van der Waals surface area contributed by atoms with Crippen LogP contribution in [0.2, 0.25) is 0 Å². The molecule has 0 aliphatic carbocycles. The molecule has 0 saturated carbocycles. The molecule has 2 nitrogen and oxygen atoms in total. The highest BCUT2D eigenvalue weighted by molar-refractivity contribution is 4.93. The molecule has 0 spiro atoms. The van der Waals surface area contributed by atoms with Crippen LogP contribution in [0.15, 0.2) is 0 Å². The van der Waals surface area contributed by atoms with Crippen LogP contribution < -0.4 is 5.32 Å². The molecular weight excluding hydrogens is 171 g/mol. The summed E-state index contributed by atoms with van der Waals surface area (Å²) in [6.45, 7) is 0.150. The lowest BCUT2D eigenvalue weighted by Gasteiger charge is -2.29. The number of hydrogen-bond donors (Lipinski definition) is 1. The van der Waals surface area contributed by atoms with Crippen LogP contribution in [-0.2, 0) is 4.74 Å². The minimum atomic E-state index is -4.16. The van der Waals surface area contributed by atoms with E-state index in [1.54, 1.807) is 0 Å². The summed E-state index contributed by atoms with van der Waals surface area (Å²) in [5.41, 5.74) is -1.65. The van der Waals surface area contributed by atoms with E-state index in [4.69, 9.17) is 0 Å². The molecule has 0 aromatic rings. The molecule has 12 heavy (non-hydrogen) atoms. The fourth-order valence-electron chi connectivity index (χ4n) is 1.47. The highest BCUT2D eigenvalue weighted by atomic mass is 19.4. The number of methoxy groups -OCH3 is 1. The summed E-state index contributed by atoms with van der Waals surface area (Å²) < 4.78 is 42.0.